The van der Waals surface area contributed by atoms with Crippen LogP contribution in [0.3, 0.4) is 0 Å². The summed E-state index contributed by atoms with van der Waals surface area (Å²) in [6, 6.07) is 9.05. The molecule has 0 spiro atoms. The predicted octanol–water partition coefficient (Wildman–Crippen LogP) is 4.61. The van der Waals surface area contributed by atoms with Gasteiger partial charge in [-0.2, -0.15) is 0 Å². The first-order valence-electron chi connectivity index (χ1n) is 10.2. The molecule has 28 heavy (non-hydrogen) atoms. The van der Waals surface area contributed by atoms with E-state index < -0.39 is 5.97 Å². The van der Waals surface area contributed by atoms with E-state index in [1.54, 1.807) is 11.6 Å². The molecular weight excluding hydrogens is 354 g/mol. The van der Waals surface area contributed by atoms with Gasteiger partial charge in [-0.3, -0.25) is 4.79 Å². The summed E-state index contributed by atoms with van der Waals surface area (Å²) in [6.07, 6.45) is 11.8. The van der Waals surface area contributed by atoms with Crippen molar-refractivity contribution in [1.82, 2.24) is 4.57 Å². The van der Waals surface area contributed by atoms with Crippen molar-refractivity contribution in [2.24, 2.45) is 7.05 Å². The van der Waals surface area contributed by atoms with Crippen LogP contribution in [0.15, 0.2) is 36.5 Å². The number of carbonyl (C=O) groups is 2. The zero-order valence-electron chi connectivity index (χ0n) is 16.7. The standard InChI is InChI=1S/C23H31NO4/c1-24-17-20(23(27)28)16-21(24)22(26)19-13-11-18(12-14-19)10-8-6-4-2-3-5-7-9-15-25/h11-14,16-17,25H,2-10,15H2,1H3,(H,27,28). The van der Waals surface area contributed by atoms with E-state index >= 15 is 0 Å². The van der Waals surface area contributed by atoms with Crippen LogP contribution in [0.25, 0.3) is 0 Å². The first-order valence-corrected chi connectivity index (χ1v) is 10.2. The molecule has 1 aromatic heterocycles. The van der Waals surface area contributed by atoms with Gasteiger partial charge in [0.2, 0.25) is 5.78 Å². The molecule has 0 saturated heterocycles. The third kappa shape index (κ3) is 6.64. The summed E-state index contributed by atoms with van der Waals surface area (Å²) in [5.74, 6) is -1.20. The van der Waals surface area contributed by atoms with Crippen LogP contribution >= 0.6 is 0 Å². The molecule has 0 fully saturated rings. The molecule has 5 nitrogen and oxygen atoms in total. The van der Waals surface area contributed by atoms with Gasteiger partial charge in [0.15, 0.2) is 0 Å². The Morgan fingerprint density at radius 1 is 0.857 bits per heavy atom. The molecule has 0 aliphatic rings. The fourth-order valence-corrected chi connectivity index (χ4v) is 3.38. The predicted molar refractivity (Wildman–Crippen MR) is 110 cm³/mol. The summed E-state index contributed by atoms with van der Waals surface area (Å²) >= 11 is 0. The minimum Gasteiger partial charge on any atom is -0.478 e. The summed E-state index contributed by atoms with van der Waals surface area (Å²) < 4.78 is 1.56. The first-order chi connectivity index (χ1) is 13.5. The number of hydrogen-bond acceptors (Lipinski definition) is 3. The van der Waals surface area contributed by atoms with E-state index in [1.807, 2.05) is 24.3 Å². The van der Waals surface area contributed by atoms with Crippen molar-refractivity contribution in [3.05, 3.63) is 58.9 Å². The van der Waals surface area contributed by atoms with Gasteiger partial charge >= 0.3 is 5.97 Å². The Morgan fingerprint density at radius 3 is 1.96 bits per heavy atom. The number of carboxylic acid groups (broad SMARTS) is 1. The van der Waals surface area contributed by atoms with Crippen LogP contribution < -0.4 is 0 Å². The maximum atomic E-state index is 12.6. The lowest BCUT2D eigenvalue weighted by Gasteiger charge is -2.05. The number of aliphatic hydroxyl groups is 1. The van der Waals surface area contributed by atoms with Crippen LogP contribution in [0.4, 0.5) is 0 Å². The lowest BCUT2D eigenvalue weighted by atomic mass is 10.0. The van der Waals surface area contributed by atoms with E-state index in [0.29, 0.717) is 17.9 Å². The summed E-state index contributed by atoms with van der Waals surface area (Å²) in [5.41, 5.74) is 2.29. The van der Waals surface area contributed by atoms with Gasteiger partial charge in [0.1, 0.15) is 0 Å². The van der Waals surface area contributed by atoms with Crippen molar-refractivity contribution in [3.8, 4) is 0 Å². The fourth-order valence-electron chi connectivity index (χ4n) is 3.38. The minimum atomic E-state index is -1.03. The average molecular weight is 386 g/mol. The lowest BCUT2D eigenvalue weighted by molar-refractivity contribution is 0.0696. The van der Waals surface area contributed by atoms with Crippen LogP contribution in [0, 0.1) is 0 Å². The van der Waals surface area contributed by atoms with Crippen LogP contribution in [0.5, 0.6) is 0 Å². The molecule has 0 radical (unpaired) electrons. The Labute approximate surface area is 167 Å². The van der Waals surface area contributed by atoms with E-state index in [-0.39, 0.29) is 11.3 Å². The third-order valence-electron chi connectivity index (χ3n) is 5.07. The monoisotopic (exact) mass is 385 g/mol. The van der Waals surface area contributed by atoms with E-state index in [1.165, 1.54) is 49.9 Å². The quantitative estimate of drug-likeness (QED) is 0.390. The molecule has 0 amide bonds. The zero-order chi connectivity index (χ0) is 20.4. The van der Waals surface area contributed by atoms with Crippen LogP contribution in [-0.4, -0.2) is 33.1 Å². The summed E-state index contributed by atoms with van der Waals surface area (Å²) in [7, 11) is 1.68. The highest BCUT2D eigenvalue weighted by Gasteiger charge is 2.16. The summed E-state index contributed by atoms with van der Waals surface area (Å²) in [4.78, 5) is 23.7. The average Bonchev–Trinajstić information content (AvgIpc) is 3.08. The van der Waals surface area contributed by atoms with Crippen LogP contribution in [-0.2, 0) is 13.5 Å². The second-order valence-corrected chi connectivity index (χ2v) is 7.36. The molecule has 2 aromatic rings. The van der Waals surface area contributed by atoms with Gasteiger partial charge in [-0.05, 0) is 30.9 Å². The van der Waals surface area contributed by atoms with Crippen LogP contribution in [0.2, 0.25) is 0 Å². The second kappa shape index (κ2) is 11.4. The number of ketones is 1. The van der Waals surface area contributed by atoms with Gasteiger partial charge in [-0.1, -0.05) is 62.8 Å². The Balaban J connectivity index is 1.76. The summed E-state index contributed by atoms with van der Waals surface area (Å²) in [6.45, 7) is 0.305. The van der Waals surface area contributed by atoms with Crippen molar-refractivity contribution >= 4 is 11.8 Å². The van der Waals surface area contributed by atoms with Gasteiger partial charge < -0.3 is 14.8 Å². The molecule has 152 valence electrons. The highest BCUT2D eigenvalue weighted by atomic mass is 16.4. The number of aromatic carboxylic acids is 1. The van der Waals surface area contributed by atoms with E-state index in [9.17, 15) is 9.59 Å². The molecule has 0 saturated carbocycles. The topological polar surface area (TPSA) is 79.5 Å². The Bertz CT molecular complexity index is 761. The van der Waals surface area contributed by atoms with E-state index in [2.05, 4.69) is 0 Å². The Kier molecular flexibility index (Phi) is 8.95. The van der Waals surface area contributed by atoms with Crippen LogP contribution in [0.1, 0.15) is 83.3 Å². The molecule has 2 N–H and O–H groups in total. The molecule has 0 aliphatic carbocycles. The third-order valence-corrected chi connectivity index (χ3v) is 5.07. The number of benzene rings is 1. The lowest BCUT2D eigenvalue weighted by Crippen LogP contribution is -2.06. The molecule has 0 unspecified atom stereocenters. The number of nitrogens with zero attached hydrogens (tertiary/aromatic N) is 1. The van der Waals surface area contributed by atoms with E-state index in [4.69, 9.17) is 10.2 Å². The number of hydrogen-bond donors (Lipinski definition) is 2. The molecule has 2 rings (SSSR count). The normalized spacial score (nSPS) is 10.9. The number of aliphatic hydroxyl groups excluding tert-OH is 1. The number of aromatic nitrogens is 1. The Hall–Kier alpha value is -2.40. The molecule has 0 aliphatic heterocycles. The van der Waals surface area contributed by atoms with Gasteiger partial charge in [0.05, 0.1) is 11.3 Å². The number of carboxylic acids is 1. The van der Waals surface area contributed by atoms with Gasteiger partial charge in [0.25, 0.3) is 0 Å². The van der Waals surface area contributed by atoms with E-state index in [0.717, 1.165) is 25.7 Å². The minimum absolute atomic E-state index is 0.121. The first kappa shape index (κ1) is 21.9. The van der Waals surface area contributed by atoms with Crippen molar-refractivity contribution in [3.63, 3.8) is 0 Å². The fraction of sp³-hybridized carbons (Fsp3) is 0.478. The maximum absolute atomic E-state index is 12.6. The largest absolute Gasteiger partial charge is 0.478 e. The number of unbranched alkanes of at least 4 members (excludes halogenated alkanes) is 7. The molecule has 5 heteroatoms. The van der Waals surface area contributed by atoms with Crippen molar-refractivity contribution in [2.45, 2.75) is 57.8 Å². The molecule has 0 bridgehead atoms. The zero-order valence-corrected chi connectivity index (χ0v) is 16.7. The van der Waals surface area contributed by atoms with Crippen molar-refractivity contribution in [2.75, 3.05) is 6.61 Å². The summed E-state index contributed by atoms with van der Waals surface area (Å²) in [5, 5.41) is 17.8. The SMILES string of the molecule is Cn1cc(C(=O)O)cc1C(=O)c1ccc(CCCCCCCCCCO)cc1. The molecule has 1 aromatic carbocycles. The second-order valence-electron chi connectivity index (χ2n) is 7.36. The molecule has 1 heterocycles. The smallest absolute Gasteiger partial charge is 0.337 e. The highest BCUT2D eigenvalue weighted by molar-refractivity contribution is 6.09. The number of carbonyl (C=O) groups excluding carboxylic acids is 1. The maximum Gasteiger partial charge on any atom is 0.337 e. The Morgan fingerprint density at radius 2 is 1.43 bits per heavy atom. The highest BCUT2D eigenvalue weighted by Crippen LogP contribution is 2.16. The van der Waals surface area contributed by atoms with Gasteiger partial charge in [0, 0.05) is 25.4 Å². The number of rotatable bonds is 13. The van der Waals surface area contributed by atoms with Gasteiger partial charge in [-0.15, -0.1) is 0 Å². The molecular formula is C23H31NO4. The van der Waals surface area contributed by atoms with Gasteiger partial charge in [-0.25, -0.2) is 4.79 Å². The van der Waals surface area contributed by atoms with Crippen molar-refractivity contribution in [1.29, 1.82) is 0 Å². The van der Waals surface area contributed by atoms with Crippen molar-refractivity contribution < 1.29 is 19.8 Å². The molecule has 0 atom stereocenters. The number of aryl methyl sites for hydroxylation is 2.